The van der Waals surface area contributed by atoms with Crippen LogP contribution in [0.25, 0.3) is 0 Å². The molecule has 2 heterocycles. The highest BCUT2D eigenvalue weighted by Crippen LogP contribution is 2.14. The molecule has 0 saturated carbocycles. The number of hydrogen-bond acceptors (Lipinski definition) is 7. The van der Waals surface area contributed by atoms with Crippen molar-refractivity contribution in [2.24, 2.45) is 0 Å². The molecule has 28 heavy (non-hydrogen) atoms. The van der Waals surface area contributed by atoms with Gasteiger partial charge in [0.1, 0.15) is 22.3 Å². The normalized spacial score (nSPS) is 11.2. The van der Waals surface area contributed by atoms with E-state index in [1.807, 2.05) is 19.1 Å². The van der Waals surface area contributed by atoms with Crippen LogP contribution in [0.4, 0.5) is 21.8 Å². The SMILES string of the molecule is Cc1ccnc(Nc2ccc(NCCNS(=O)(=O)c3ccccc3F)nn2)c1. The molecule has 0 aliphatic carbocycles. The third kappa shape index (κ3) is 5.21. The van der Waals surface area contributed by atoms with Crippen LogP contribution >= 0.6 is 0 Å². The maximum atomic E-state index is 13.6. The van der Waals surface area contributed by atoms with Crippen molar-refractivity contribution >= 4 is 27.5 Å². The zero-order valence-corrected chi connectivity index (χ0v) is 15.9. The standard InChI is InChI=1S/C18H19FN6O2S/c1-13-8-9-20-18(12-13)23-17-7-6-16(24-25-17)21-10-11-22-28(26,27)15-5-3-2-4-14(15)19/h2-9,12,22H,10-11H2,1H3,(H,21,24)(H,20,23,25). The topological polar surface area (TPSA) is 109 Å². The van der Waals surface area contributed by atoms with Crippen LogP contribution in [-0.4, -0.2) is 36.7 Å². The molecule has 0 amide bonds. The molecule has 3 rings (SSSR count). The maximum absolute atomic E-state index is 13.6. The van der Waals surface area contributed by atoms with E-state index in [1.54, 1.807) is 18.3 Å². The van der Waals surface area contributed by atoms with Crippen molar-refractivity contribution in [1.29, 1.82) is 0 Å². The number of nitrogens with zero attached hydrogens (tertiary/aromatic N) is 3. The molecule has 0 bridgehead atoms. The van der Waals surface area contributed by atoms with Gasteiger partial charge in [-0.15, -0.1) is 10.2 Å². The van der Waals surface area contributed by atoms with Crippen molar-refractivity contribution in [3.05, 3.63) is 66.1 Å². The molecule has 0 aliphatic heterocycles. The summed E-state index contributed by atoms with van der Waals surface area (Å²) in [6.07, 6.45) is 1.70. The summed E-state index contributed by atoms with van der Waals surface area (Å²) in [4.78, 5) is 3.81. The first kappa shape index (κ1) is 19.6. The zero-order valence-electron chi connectivity index (χ0n) is 15.1. The fourth-order valence-electron chi connectivity index (χ4n) is 2.35. The van der Waals surface area contributed by atoms with Crippen molar-refractivity contribution < 1.29 is 12.8 Å². The van der Waals surface area contributed by atoms with Gasteiger partial charge in [0.25, 0.3) is 0 Å². The lowest BCUT2D eigenvalue weighted by Crippen LogP contribution is -2.29. The van der Waals surface area contributed by atoms with Gasteiger partial charge in [0.15, 0.2) is 5.82 Å². The number of pyridine rings is 1. The fourth-order valence-corrected chi connectivity index (χ4v) is 3.45. The molecule has 0 saturated heterocycles. The Kier molecular flexibility index (Phi) is 6.12. The second-order valence-corrected chi connectivity index (χ2v) is 7.64. The average molecular weight is 402 g/mol. The van der Waals surface area contributed by atoms with E-state index in [9.17, 15) is 12.8 Å². The first-order valence-corrected chi connectivity index (χ1v) is 9.94. The summed E-state index contributed by atoms with van der Waals surface area (Å²) < 4.78 is 40.1. The molecular formula is C18H19FN6O2S. The molecule has 0 spiro atoms. The fraction of sp³-hybridized carbons (Fsp3) is 0.167. The number of nitrogens with one attached hydrogen (secondary N) is 3. The van der Waals surface area contributed by atoms with E-state index in [-0.39, 0.29) is 18.0 Å². The molecule has 3 N–H and O–H groups in total. The van der Waals surface area contributed by atoms with Crippen LogP contribution in [0.2, 0.25) is 0 Å². The van der Waals surface area contributed by atoms with Crippen LogP contribution in [0.5, 0.6) is 0 Å². The van der Waals surface area contributed by atoms with E-state index in [0.717, 1.165) is 11.6 Å². The van der Waals surface area contributed by atoms with E-state index in [2.05, 4.69) is 30.5 Å². The minimum atomic E-state index is -3.91. The van der Waals surface area contributed by atoms with Crippen molar-refractivity contribution in [1.82, 2.24) is 19.9 Å². The molecule has 0 radical (unpaired) electrons. The van der Waals surface area contributed by atoms with Gasteiger partial charge in [-0.1, -0.05) is 12.1 Å². The van der Waals surface area contributed by atoms with E-state index in [1.165, 1.54) is 18.2 Å². The van der Waals surface area contributed by atoms with Crippen molar-refractivity contribution in [3.8, 4) is 0 Å². The lowest BCUT2D eigenvalue weighted by molar-refractivity contribution is 0.558. The molecule has 146 valence electrons. The molecule has 1 aromatic carbocycles. The Morgan fingerprint density at radius 1 is 0.964 bits per heavy atom. The zero-order chi connectivity index (χ0) is 20.0. The van der Waals surface area contributed by atoms with Gasteiger partial charge >= 0.3 is 0 Å². The summed E-state index contributed by atoms with van der Waals surface area (Å²) >= 11 is 0. The van der Waals surface area contributed by atoms with Gasteiger partial charge in [-0.3, -0.25) is 0 Å². The molecule has 8 nitrogen and oxygen atoms in total. The van der Waals surface area contributed by atoms with Crippen LogP contribution in [0.15, 0.2) is 59.6 Å². The molecule has 0 atom stereocenters. The molecule has 0 unspecified atom stereocenters. The second-order valence-electron chi connectivity index (χ2n) is 5.90. The molecule has 10 heteroatoms. The third-order valence-corrected chi connectivity index (χ3v) is 5.18. The molecular weight excluding hydrogens is 383 g/mol. The molecule has 0 fully saturated rings. The Balaban J connectivity index is 1.49. The summed E-state index contributed by atoms with van der Waals surface area (Å²) in [5, 5.41) is 14.0. The summed E-state index contributed by atoms with van der Waals surface area (Å²) in [5.41, 5.74) is 1.07. The van der Waals surface area contributed by atoms with Gasteiger partial charge in [-0.2, -0.15) is 0 Å². The summed E-state index contributed by atoms with van der Waals surface area (Å²) in [6.45, 7) is 2.28. The number of halogens is 1. The molecule has 0 aliphatic rings. The predicted octanol–water partition coefficient (Wildman–Crippen LogP) is 2.45. The first-order valence-electron chi connectivity index (χ1n) is 8.45. The monoisotopic (exact) mass is 402 g/mol. The van der Waals surface area contributed by atoms with E-state index >= 15 is 0 Å². The highest BCUT2D eigenvalue weighted by Gasteiger charge is 2.17. The largest absolute Gasteiger partial charge is 0.367 e. The Morgan fingerprint density at radius 2 is 1.71 bits per heavy atom. The Bertz CT molecular complexity index is 1040. The summed E-state index contributed by atoms with van der Waals surface area (Å²) in [5.74, 6) is 0.884. The predicted molar refractivity (Wildman–Crippen MR) is 104 cm³/mol. The number of rotatable bonds is 8. The molecule has 3 aromatic rings. The minimum Gasteiger partial charge on any atom is -0.367 e. The number of aromatic nitrogens is 3. The van der Waals surface area contributed by atoms with Gasteiger partial charge in [-0.05, 0) is 48.9 Å². The van der Waals surface area contributed by atoms with E-state index in [4.69, 9.17) is 0 Å². The third-order valence-electron chi connectivity index (χ3n) is 3.69. The van der Waals surface area contributed by atoms with E-state index in [0.29, 0.717) is 17.5 Å². The lowest BCUT2D eigenvalue weighted by atomic mass is 10.3. The minimum absolute atomic E-state index is 0.0611. The van der Waals surface area contributed by atoms with Gasteiger partial charge < -0.3 is 10.6 Å². The van der Waals surface area contributed by atoms with Crippen LogP contribution < -0.4 is 15.4 Å². The van der Waals surface area contributed by atoms with E-state index < -0.39 is 15.8 Å². The second kappa shape index (κ2) is 8.72. The number of anilines is 3. The maximum Gasteiger partial charge on any atom is 0.243 e. The van der Waals surface area contributed by atoms with Crippen molar-refractivity contribution in [3.63, 3.8) is 0 Å². The smallest absolute Gasteiger partial charge is 0.243 e. The van der Waals surface area contributed by atoms with Crippen LogP contribution in [-0.2, 0) is 10.0 Å². The van der Waals surface area contributed by atoms with Gasteiger partial charge in [0, 0.05) is 19.3 Å². The van der Waals surface area contributed by atoms with Gasteiger partial charge in [-0.25, -0.2) is 22.5 Å². The van der Waals surface area contributed by atoms with Crippen LogP contribution in [0.1, 0.15) is 5.56 Å². The quantitative estimate of drug-likeness (QED) is 0.497. The Labute approximate surface area is 162 Å². The van der Waals surface area contributed by atoms with Gasteiger partial charge in [0.05, 0.1) is 0 Å². The average Bonchev–Trinajstić information content (AvgIpc) is 2.67. The van der Waals surface area contributed by atoms with Crippen molar-refractivity contribution in [2.75, 3.05) is 23.7 Å². The van der Waals surface area contributed by atoms with Crippen molar-refractivity contribution in [2.45, 2.75) is 11.8 Å². The lowest BCUT2D eigenvalue weighted by Gasteiger charge is -2.09. The van der Waals surface area contributed by atoms with Crippen LogP contribution in [0, 0.1) is 12.7 Å². The summed E-state index contributed by atoms with van der Waals surface area (Å²) in [6, 6.07) is 12.4. The van der Waals surface area contributed by atoms with Crippen LogP contribution in [0.3, 0.4) is 0 Å². The number of benzene rings is 1. The number of hydrogen-bond donors (Lipinski definition) is 3. The number of sulfonamides is 1. The summed E-state index contributed by atoms with van der Waals surface area (Å²) in [7, 11) is -3.91. The Morgan fingerprint density at radius 3 is 2.43 bits per heavy atom. The Hall–Kier alpha value is -3.11. The van der Waals surface area contributed by atoms with Gasteiger partial charge in [0.2, 0.25) is 10.0 Å². The highest BCUT2D eigenvalue weighted by atomic mass is 32.2. The number of aryl methyl sites for hydroxylation is 1. The first-order chi connectivity index (χ1) is 13.4. The molecule has 2 aromatic heterocycles. The highest BCUT2D eigenvalue weighted by molar-refractivity contribution is 7.89.